The molecule has 1 aliphatic heterocycles. The molecule has 2 amide bonds. The van der Waals surface area contributed by atoms with Gasteiger partial charge >= 0.3 is 6.03 Å². The van der Waals surface area contributed by atoms with E-state index in [1.54, 1.807) is 17.0 Å². The molecular weight excluding hydrogens is 369 g/mol. The first-order valence-corrected chi connectivity index (χ1v) is 9.56. The number of carbonyl (C=O) groups excluding carboxylic acids is 1. The summed E-state index contributed by atoms with van der Waals surface area (Å²) in [6.45, 7) is 4.56. The summed E-state index contributed by atoms with van der Waals surface area (Å²) >= 11 is 0. The highest BCUT2D eigenvalue weighted by Gasteiger charge is 2.22. The molecule has 0 atom stereocenters. The number of amides is 2. The second kappa shape index (κ2) is 8.26. The number of halogens is 1. The van der Waals surface area contributed by atoms with Crippen LogP contribution in [0.4, 0.5) is 20.7 Å². The first kappa shape index (κ1) is 18.9. The summed E-state index contributed by atoms with van der Waals surface area (Å²) < 4.78 is 13.0. The molecule has 29 heavy (non-hydrogen) atoms. The van der Waals surface area contributed by atoms with Gasteiger partial charge in [-0.1, -0.05) is 29.8 Å². The normalized spacial score (nSPS) is 14.0. The van der Waals surface area contributed by atoms with Crippen molar-refractivity contribution in [2.75, 3.05) is 36.4 Å². The van der Waals surface area contributed by atoms with E-state index in [2.05, 4.69) is 39.5 Å². The van der Waals surface area contributed by atoms with Gasteiger partial charge in [0.1, 0.15) is 5.82 Å². The number of anilines is 2. The SMILES string of the molecule is Cc1ccc(-c2ccc(N3CCN(C(=O)Nc4ccc(F)cc4)CC3)nn2)cc1. The Bertz CT molecular complexity index is 966. The average Bonchev–Trinajstić information content (AvgIpc) is 2.76. The highest BCUT2D eigenvalue weighted by Crippen LogP contribution is 2.20. The van der Waals surface area contributed by atoms with Crippen molar-refractivity contribution >= 4 is 17.5 Å². The maximum Gasteiger partial charge on any atom is 0.321 e. The van der Waals surface area contributed by atoms with E-state index in [1.165, 1.54) is 17.7 Å². The van der Waals surface area contributed by atoms with Crippen molar-refractivity contribution in [2.24, 2.45) is 0 Å². The fourth-order valence-corrected chi connectivity index (χ4v) is 3.25. The third-order valence-electron chi connectivity index (χ3n) is 4.98. The zero-order valence-corrected chi connectivity index (χ0v) is 16.2. The zero-order valence-electron chi connectivity index (χ0n) is 16.2. The first-order valence-electron chi connectivity index (χ1n) is 9.56. The Labute approximate surface area is 169 Å². The molecule has 3 aromatic rings. The van der Waals surface area contributed by atoms with Crippen LogP contribution in [0.25, 0.3) is 11.3 Å². The molecule has 2 heterocycles. The van der Waals surface area contributed by atoms with Gasteiger partial charge in [0.25, 0.3) is 0 Å². The lowest BCUT2D eigenvalue weighted by atomic mass is 10.1. The molecule has 2 aromatic carbocycles. The predicted octanol–water partition coefficient (Wildman–Crippen LogP) is 3.95. The fraction of sp³-hybridized carbons (Fsp3) is 0.227. The smallest absolute Gasteiger partial charge is 0.321 e. The van der Waals surface area contributed by atoms with Crippen LogP contribution in [0.5, 0.6) is 0 Å². The van der Waals surface area contributed by atoms with Crippen molar-refractivity contribution in [1.29, 1.82) is 0 Å². The number of benzene rings is 2. The summed E-state index contributed by atoms with van der Waals surface area (Å²) in [4.78, 5) is 16.3. The summed E-state index contributed by atoms with van der Waals surface area (Å²) in [6.07, 6.45) is 0. The number of nitrogens with one attached hydrogen (secondary N) is 1. The lowest BCUT2D eigenvalue weighted by molar-refractivity contribution is 0.208. The van der Waals surface area contributed by atoms with E-state index < -0.39 is 0 Å². The minimum absolute atomic E-state index is 0.183. The Hall–Kier alpha value is -3.48. The number of nitrogens with zero attached hydrogens (tertiary/aromatic N) is 4. The second-order valence-corrected chi connectivity index (χ2v) is 7.05. The quantitative estimate of drug-likeness (QED) is 0.735. The number of rotatable bonds is 3. The van der Waals surface area contributed by atoms with E-state index in [1.807, 2.05) is 24.3 Å². The zero-order chi connectivity index (χ0) is 20.2. The summed E-state index contributed by atoms with van der Waals surface area (Å²) in [5.41, 5.74) is 3.67. The highest BCUT2D eigenvalue weighted by atomic mass is 19.1. The Kier molecular flexibility index (Phi) is 5.37. The monoisotopic (exact) mass is 391 g/mol. The van der Waals surface area contributed by atoms with Crippen LogP contribution >= 0.6 is 0 Å². The molecule has 0 spiro atoms. The second-order valence-electron chi connectivity index (χ2n) is 7.05. The fourth-order valence-electron chi connectivity index (χ4n) is 3.25. The molecule has 6 nitrogen and oxygen atoms in total. The van der Waals surface area contributed by atoms with Crippen molar-refractivity contribution in [3.63, 3.8) is 0 Å². The van der Waals surface area contributed by atoms with Crippen LogP contribution < -0.4 is 10.2 Å². The number of hydrogen-bond acceptors (Lipinski definition) is 4. The Morgan fingerprint density at radius 3 is 2.21 bits per heavy atom. The van der Waals surface area contributed by atoms with Gasteiger partial charge in [0.15, 0.2) is 5.82 Å². The van der Waals surface area contributed by atoms with Gasteiger partial charge in [-0.2, -0.15) is 0 Å². The van der Waals surface area contributed by atoms with Crippen molar-refractivity contribution in [3.05, 3.63) is 72.0 Å². The topological polar surface area (TPSA) is 61.4 Å². The van der Waals surface area contributed by atoms with E-state index in [0.29, 0.717) is 31.9 Å². The van der Waals surface area contributed by atoms with Gasteiger partial charge in [-0.15, -0.1) is 10.2 Å². The molecule has 1 aromatic heterocycles. The molecule has 0 unspecified atom stereocenters. The van der Waals surface area contributed by atoms with Crippen LogP contribution in [-0.4, -0.2) is 47.3 Å². The van der Waals surface area contributed by atoms with Crippen LogP contribution in [0.3, 0.4) is 0 Å². The third kappa shape index (κ3) is 4.51. The molecule has 148 valence electrons. The molecule has 0 saturated carbocycles. The standard InChI is InChI=1S/C22H22FN5O/c1-16-2-4-17(5-3-16)20-10-11-21(26-25-20)27-12-14-28(15-13-27)22(29)24-19-8-6-18(23)7-9-19/h2-11H,12-15H2,1H3,(H,24,29). The predicted molar refractivity (Wildman–Crippen MR) is 111 cm³/mol. The summed E-state index contributed by atoms with van der Waals surface area (Å²) in [6, 6.07) is 17.7. The van der Waals surface area contributed by atoms with E-state index in [0.717, 1.165) is 17.1 Å². The van der Waals surface area contributed by atoms with Crippen molar-refractivity contribution in [3.8, 4) is 11.3 Å². The highest BCUT2D eigenvalue weighted by molar-refractivity contribution is 5.89. The third-order valence-corrected chi connectivity index (χ3v) is 4.98. The molecule has 0 aliphatic carbocycles. The molecule has 7 heteroatoms. The van der Waals surface area contributed by atoms with Gasteiger partial charge in [-0.05, 0) is 43.3 Å². The van der Waals surface area contributed by atoms with Gasteiger partial charge in [-0.25, -0.2) is 9.18 Å². The Morgan fingerprint density at radius 2 is 1.59 bits per heavy atom. The number of piperazine rings is 1. The maximum absolute atomic E-state index is 13.0. The lowest BCUT2D eigenvalue weighted by Gasteiger charge is -2.35. The largest absolute Gasteiger partial charge is 0.352 e. The summed E-state index contributed by atoms with van der Waals surface area (Å²) in [7, 11) is 0. The van der Waals surface area contributed by atoms with Crippen LogP contribution in [0, 0.1) is 12.7 Å². The molecular formula is C22H22FN5O. The summed E-state index contributed by atoms with van der Waals surface area (Å²) in [5.74, 6) is 0.477. The van der Waals surface area contributed by atoms with Gasteiger partial charge in [0.2, 0.25) is 0 Å². The molecule has 1 aliphatic rings. The minimum Gasteiger partial charge on any atom is -0.352 e. The van der Waals surface area contributed by atoms with Gasteiger partial charge in [-0.3, -0.25) is 0 Å². The molecule has 1 saturated heterocycles. The molecule has 1 N–H and O–H groups in total. The number of aryl methyl sites for hydroxylation is 1. The average molecular weight is 391 g/mol. The van der Waals surface area contributed by atoms with Crippen LogP contribution in [0.1, 0.15) is 5.56 Å². The molecule has 1 fully saturated rings. The van der Waals surface area contributed by atoms with Crippen LogP contribution in [0.15, 0.2) is 60.7 Å². The van der Waals surface area contributed by atoms with Crippen molar-refractivity contribution in [1.82, 2.24) is 15.1 Å². The molecule has 0 bridgehead atoms. The van der Waals surface area contributed by atoms with E-state index in [9.17, 15) is 9.18 Å². The van der Waals surface area contributed by atoms with E-state index in [-0.39, 0.29) is 11.8 Å². The maximum atomic E-state index is 13.0. The first-order chi connectivity index (χ1) is 14.1. The minimum atomic E-state index is -0.328. The van der Waals surface area contributed by atoms with E-state index in [4.69, 9.17) is 0 Å². The number of urea groups is 1. The number of aromatic nitrogens is 2. The Balaban J connectivity index is 1.33. The number of carbonyl (C=O) groups is 1. The van der Waals surface area contributed by atoms with Crippen LogP contribution in [0.2, 0.25) is 0 Å². The van der Waals surface area contributed by atoms with E-state index >= 15 is 0 Å². The van der Waals surface area contributed by atoms with Gasteiger partial charge < -0.3 is 15.1 Å². The van der Waals surface area contributed by atoms with Gasteiger partial charge in [0.05, 0.1) is 5.69 Å². The molecule has 0 radical (unpaired) electrons. The molecule has 4 rings (SSSR count). The number of hydrogen-bond donors (Lipinski definition) is 1. The Morgan fingerprint density at radius 1 is 0.897 bits per heavy atom. The van der Waals surface area contributed by atoms with Crippen molar-refractivity contribution in [2.45, 2.75) is 6.92 Å². The van der Waals surface area contributed by atoms with Crippen LogP contribution in [-0.2, 0) is 0 Å². The van der Waals surface area contributed by atoms with Crippen molar-refractivity contribution < 1.29 is 9.18 Å². The van der Waals surface area contributed by atoms with Gasteiger partial charge in [0, 0.05) is 37.4 Å². The lowest BCUT2D eigenvalue weighted by Crippen LogP contribution is -2.50. The summed E-state index contributed by atoms with van der Waals surface area (Å²) in [5, 5.41) is 11.5.